The minimum absolute atomic E-state index is 0.128. The molecule has 0 saturated heterocycles. The van der Waals surface area contributed by atoms with E-state index in [4.69, 9.17) is 5.73 Å². The number of rotatable bonds is 5. The first-order valence-electron chi connectivity index (χ1n) is 6.25. The average Bonchev–Trinajstić information content (AvgIpc) is 2.28. The molecule has 0 aliphatic carbocycles. The molecule has 1 rings (SSSR count). The zero-order valence-electron chi connectivity index (χ0n) is 11.2. The van der Waals surface area contributed by atoms with Gasteiger partial charge in [-0.15, -0.1) is 0 Å². The first-order valence-corrected chi connectivity index (χ1v) is 6.25. The third-order valence-corrected chi connectivity index (χ3v) is 3.25. The molecule has 0 saturated carbocycles. The Morgan fingerprint density at radius 3 is 2.47 bits per heavy atom. The molecule has 0 spiro atoms. The minimum Gasteiger partial charge on any atom is -0.370 e. The van der Waals surface area contributed by atoms with Crippen molar-refractivity contribution < 1.29 is 4.39 Å². The predicted molar refractivity (Wildman–Crippen MR) is 71.8 cm³/mol. The molecule has 0 amide bonds. The van der Waals surface area contributed by atoms with Gasteiger partial charge in [0, 0.05) is 19.1 Å². The van der Waals surface area contributed by atoms with Crippen LogP contribution in [0.3, 0.4) is 0 Å². The molecule has 3 heteroatoms. The van der Waals surface area contributed by atoms with Crippen molar-refractivity contribution in [2.24, 2.45) is 5.73 Å². The van der Waals surface area contributed by atoms with E-state index in [1.54, 1.807) is 0 Å². The number of nitrogens with two attached hydrogens (primary N) is 1. The number of nitrogens with zero attached hydrogens (tertiary/aromatic N) is 1. The van der Waals surface area contributed by atoms with Crippen molar-refractivity contribution in [3.8, 4) is 0 Å². The topological polar surface area (TPSA) is 29.3 Å². The molecule has 2 N–H and O–H groups in total. The standard InChI is InChI=1S/C14H23FN2/c1-5-6-10(2)17(4)14-8-7-12(11(3)16)9-13(14)15/h7-11H,5-6,16H2,1-4H3/t10?,11-/m1/s1. The molecule has 1 unspecified atom stereocenters. The van der Waals surface area contributed by atoms with Gasteiger partial charge in [0.05, 0.1) is 5.69 Å². The molecule has 0 bridgehead atoms. The van der Waals surface area contributed by atoms with E-state index < -0.39 is 0 Å². The summed E-state index contributed by atoms with van der Waals surface area (Å²) in [4.78, 5) is 1.99. The molecule has 0 aliphatic heterocycles. The second kappa shape index (κ2) is 6.01. The summed E-state index contributed by atoms with van der Waals surface area (Å²) in [6.07, 6.45) is 2.16. The van der Waals surface area contributed by atoms with Crippen LogP contribution in [0.5, 0.6) is 0 Å². The zero-order valence-corrected chi connectivity index (χ0v) is 11.2. The Kier molecular flexibility index (Phi) is 4.94. The summed E-state index contributed by atoms with van der Waals surface area (Å²) in [7, 11) is 1.93. The van der Waals surface area contributed by atoms with Gasteiger partial charge >= 0.3 is 0 Å². The summed E-state index contributed by atoms with van der Waals surface area (Å²) < 4.78 is 14.0. The third kappa shape index (κ3) is 3.43. The van der Waals surface area contributed by atoms with Crippen LogP contribution < -0.4 is 10.6 Å². The van der Waals surface area contributed by atoms with E-state index in [1.807, 2.05) is 31.0 Å². The molecule has 2 atom stereocenters. The lowest BCUT2D eigenvalue weighted by Gasteiger charge is -2.27. The van der Waals surface area contributed by atoms with Crippen LogP contribution in [0.2, 0.25) is 0 Å². The number of halogens is 1. The van der Waals surface area contributed by atoms with Crippen molar-refractivity contribution in [3.63, 3.8) is 0 Å². The maximum absolute atomic E-state index is 14.0. The summed E-state index contributed by atoms with van der Waals surface area (Å²) >= 11 is 0. The Bertz CT molecular complexity index is 363. The molecule has 17 heavy (non-hydrogen) atoms. The van der Waals surface area contributed by atoms with Crippen molar-refractivity contribution in [1.82, 2.24) is 0 Å². The molecular formula is C14H23FN2. The molecule has 0 fully saturated rings. The number of hydrogen-bond acceptors (Lipinski definition) is 2. The van der Waals surface area contributed by atoms with Gasteiger partial charge in [0.1, 0.15) is 5.82 Å². The van der Waals surface area contributed by atoms with Gasteiger partial charge in [-0.25, -0.2) is 4.39 Å². The molecule has 2 nitrogen and oxygen atoms in total. The Morgan fingerprint density at radius 2 is 2.00 bits per heavy atom. The van der Waals surface area contributed by atoms with Gasteiger partial charge in [0.25, 0.3) is 0 Å². The van der Waals surface area contributed by atoms with Gasteiger partial charge in [-0.2, -0.15) is 0 Å². The highest BCUT2D eigenvalue weighted by molar-refractivity contribution is 5.49. The van der Waals surface area contributed by atoms with Crippen molar-refractivity contribution in [2.75, 3.05) is 11.9 Å². The fraction of sp³-hybridized carbons (Fsp3) is 0.571. The Morgan fingerprint density at radius 1 is 1.35 bits per heavy atom. The van der Waals surface area contributed by atoms with E-state index in [0.717, 1.165) is 18.4 Å². The van der Waals surface area contributed by atoms with Crippen LogP contribution in [0.1, 0.15) is 45.2 Å². The molecule has 0 heterocycles. The van der Waals surface area contributed by atoms with Crippen LogP contribution in [-0.2, 0) is 0 Å². The molecule has 96 valence electrons. The van der Waals surface area contributed by atoms with E-state index in [9.17, 15) is 4.39 Å². The van der Waals surface area contributed by atoms with Crippen LogP contribution in [0.4, 0.5) is 10.1 Å². The maximum atomic E-state index is 14.0. The second-order valence-corrected chi connectivity index (χ2v) is 4.75. The van der Waals surface area contributed by atoms with Gasteiger partial charge < -0.3 is 10.6 Å². The summed E-state index contributed by atoms with van der Waals surface area (Å²) in [5, 5.41) is 0. The third-order valence-electron chi connectivity index (χ3n) is 3.25. The first-order chi connectivity index (χ1) is 7.97. The van der Waals surface area contributed by atoms with Crippen LogP contribution >= 0.6 is 0 Å². The van der Waals surface area contributed by atoms with Crippen molar-refractivity contribution >= 4 is 5.69 Å². The lowest BCUT2D eigenvalue weighted by molar-refractivity contribution is 0.580. The average molecular weight is 238 g/mol. The normalized spacial score (nSPS) is 14.5. The number of hydrogen-bond donors (Lipinski definition) is 1. The monoisotopic (exact) mass is 238 g/mol. The molecular weight excluding hydrogens is 215 g/mol. The smallest absolute Gasteiger partial charge is 0.146 e. The predicted octanol–water partition coefficient (Wildman–Crippen LogP) is 3.47. The van der Waals surface area contributed by atoms with E-state index in [-0.39, 0.29) is 11.9 Å². The van der Waals surface area contributed by atoms with Gasteiger partial charge in [-0.1, -0.05) is 19.4 Å². The fourth-order valence-corrected chi connectivity index (χ4v) is 1.94. The van der Waals surface area contributed by atoms with E-state index in [2.05, 4.69) is 13.8 Å². The highest BCUT2D eigenvalue weighted by Gasteiger charge is 2.14. The summed E-state index contributed by atoms with van der Waals surface area (Å²) in [6.45, 7) is 6.11. The Balaban J connectivity index is 2.91. The van der Waals surface area contributed by atoms with E-state index in [1.165, 1.54) is 6.07 Å². The van der Waals surface area contributed by atoms with Crippen LogP contribution in [0, 0.1) is 5.82 Å². The molecule has 0 aromatic heterocycles. The largest absolute Gasteiger partial charge is 0.370 e. The van der Waals surface area contributed by atoms with Crippen molar-refractivity contribution in [3.05, 3.63) is 29.6 Å². The van der Waals surface area contributed by atoms with Crippen molar-refractivity contribution in [1.29, 1.82) is 0 Å². The number of benzene rings is 1. The van der Waals surface area contributed by atoms with Crippen molar-refractivity contribution in [2.45, 2.75) is 45.7 Å². The maximum Gasteiger partial charge on any atom is 0.146 e. The second-order valence-electron chi connectivity index (χ2n) is 4.75. The van der Waals surface area contributed by atoms with Gasteiger partial charge in [0.15, 0.2) is 0 Å². The summed E-state index contributed by atoms with van der Waals surface area (Å²) in [6, 6.07) is 5.47. The Hall–Kier alpha value is -1.09. The lowest BCUT2D eigenvalue weighted by Crippen LogP contribution is -2.29. The minimum atomic E-state index is -0.190. The van der Waals surface area contributed by atoms with Gasteiger partial charge in [0.2, 0.25) is 0 Å². The number of anilines is 1. The first kappa shape index (κ1) is 14.0. The fourth-order valence-electron chi connectivity index (χ4n) is 1.94. The summed E-state index contributed by atoms with van der Waals surface area (Å²) in [5.74, 6) is -0.190. The molecule has 0 aliphatic rings. The van der Waals surface area contributed by atoms with Crippen LogP contribution in [0.25, 0.3) is 0 Å². The lowest BCUT2D eigenvalue weighted by atomic mass is 10.1. The highest BCUT2D eigenvalue weighted by atomic mass is 19.1. The zero-order chi connectivity index (χ0) is 13.0. The van der Waals surface area contributed by atoms with Crippen LogP contribution in [0.15, 0.2) is 18.2 Å². The van der Waals surface area contributed by atoms with E-state index >= 15 is 0 Å². The quantitative estimate of drug-likeness (QED) is 0.851. The van der Waals surface area contributed by atoms with E-state index in [0.29, 0.717) is 11.7 Å². The Labute approximate surface area is 104 Å². The molecule has 0 radical (unpaired) electrons. The van der Waals surface area contributed by atoms with Crippen LogP contribution in [-0.4, -0.2) is 13.1 Å². The van der Waals surface area contributed by atoms with Gasteiger partial charge in [-0.05, 0) is 38.0 Å². The SMILES string of the molecule is CCCC(C)N(C)c1ccc([C@@H](C)N)cc1F. The van der Waals surface area contributed by atoms with Gasteiger partial charge in [-0.3, -0.25) is 0 Å². The molecule has 1 aromatic rings. The summed E-state index contributed by atoms with van der Waals surface area (Å²) in [5.41, 5.74) is 7.22. The highest BCUT2D eigenvalue weighted by Crippen LogP contribution is 2.24. The molecule has 1 aromatic carbocycles.